The van der Waals surface area contributed by atoms with Crippen LogP contribution in [0.4, 0.5) is 0 Å². The van der Waals surface area contributed by atoms with Gasteiger partial charge in [-0.1, -0.05) is 62.7 Å². The molecule has 2 rings (SSSR count). The van der Waals surface area contributed by atoms with Crippen molar-refractivity contribution in [2.24, 2.45) is 0 Å². The summed E-state index contributed by atoms with van der Waals surface area (Å²) in [5, 5.41) is 40.7. The van der Waals surface area contributed by atoms with E-state index in [1.807, 2.05) is 65.1 Å². The fourth-order valence-electron chi connectivity index (χ4n) is 5.04. The molecular formula is C37H60N8O8. The lowest BCUT2D eigenvalue weighted by atomic mass is 10.1. The fourth-order valence-corrected chi connectivity index (χ4v) is 5.04. The van der Waals surface area contributed by atoms with Crippen LogP contribution in [0.2, 0.25) is 0 Å². The van der Waals surface area contributed by atoms with Gasteiger partial charge >= 0.3 is 11.9 Å². The number of carbonyl (C=O) groups excluding carboxylic acids is 4. The van der Waals surface area contributed by atoms with E-state index in [1.165, 1.54) is 0 Å². The zero-order valence-corrected chi connectivity index (χ0v) is 32.2. The van der Waals surface area contributed by atoms with Gasteiger partial charge in [-0.3, -0.25) is 28.7 Å². The Morgan fingerprint density at radius 1 is 0.736 bits per heavy atom. The Hall–Kier alpha value is -4.86. The van der Waals surface area contributed by atoms with Crippen LogP contribution in [-0.2, 0) is 48.3 Å². The molecule has 7 N–H and O–H groups in total. The van der Waals surface area contributed by atoms with Gasteiger partial charge in [0.1, 0.15) is 18.1 Å². The topological polar surface area (TPSA) is 234 Å². The van der Waals surface area contributed by atoms with Gasteiger partial charge in [-0.05, 0) is 64.9 Å². The number of nitrogens with one attached hydrogen (secondary N) is 5. The summed E-state index contributed by atoms with van der Waals surface area (Å²) in [6.45, 7) is 14.7. The summed E-state index contributed by atoms with van der Waals surface area (Å²) >= 11 is 0. The van der Waals surface area contributed by atoms with Gasteiger partial charge in [-0.25, -0.2) is 4.79 Å². The molecule has 296 valence electrons. The second kappa shape index (κ2) is 25.2. The molecule has 4 amide bonds. The highest BCUT2D eigenvalue weighted by molar-refractivity contribution is 5.94. The minimum atomic E-state index is -1.70. The number of aromatic nitrogens is 3. The first-order valence-electron chi connectivity index (χ1n) is 18.4. The molecule has 0 spiro atoms. The Balaban J connectivity index is 0.00000690. The van der Waals surface area contributed by atoms with Crippen molar-refractivity contribution in [2.75, 3.05) is 0 Å². The maximum absolute atomic E-state index is 13.1. The number of carbonyl (C=O) groups is 6. The van der Waals surface area contributed by atoms with Crippen molar-refractivity contribution in [1.82, 2.24) is 41.6 Å². The Labute approximate surface area is 312 Å². The lowest BCUT2D eigenvalue weighted by molar-refractivity contribution is -0.144. The van der Waals surface area contributed by atoms with Crippen LogP contribution < -0.4 is 26.6 Å². The van der Waals surface area contributed by atoms with Crippen molar-refractivity contribution in [3.63, 3.8) is 0 Å². The number of rotatable bonds is 24. The second-order valence-corrected chi connectivity index (χ2v) is 13.3. The van der Waals surface area contributed by atoms with Crippen molar-refractivity contribution in [3.05, 3.63) is 47.3 Å². The number of nitrogens with zero attached hydrogens (tertiary/aromatic N) is 3. The lowest BCUT2D eigenvalue weighted by Gasteiger charge is -2.23. The van der Waals surface area contributed by atoms with Crippen molar-refractivity contribution in [3.8, 4) is 0 Å². The van der Waals surface area contributed by atoms with Crippen LogP contribution in [0.25, 0.3) is 0 Å². The van der Waals surface area contributed by atoms with Crippen LogP contribution >= 0.6 is 0 Å². The molecule has 0 fully saturated rings. The zero-order valence-electron chi connectivity index (χ0n) is 32.2. The SMILES string of the molecule is CC.Cc1ccc(CCCC(=O)NC(CCC(=O)O)C(=O)NC(CC(=O)NC(CCCCn2cc(CNC(C)C)nn2)C(=O)NC(C)C)C(=O)O)cc1. The Kier molecular flexibility index (Phi) is 21.9. The quantitative estimate of drug-likeness (QED) is 0.0772. The molecule has 3 unspecified atom stereocenters. The van der Waals surface area contributed by atoms with Gasteiger partial charge in [-0.2, -0.15) is 0 Å². The van der Waals surface area contributed by atoms with E-state index in [9.17, 15) is 39.0 Å². The molecule has 53 heavy (non-hydrogen) atoms. The van der Waals surface area contributed by atoms with Gasteiger partial charge in [0.15, 0.2) is 0 Å². The molecule has 16 heteroatoms. The van der Waals surface area contributed by atoms with E-state index in [-0.39, 0.29) is 25.3 Å². The molecule has 0 aliphatic carbocycles. The van der Waals surface area contributed by atoms with Crippen molar-refractivity contribution in [1.29, 1.82) is 0 Å². The standard InChI is InChI=1S/C35H54N8O8.C2H6/c1-22(2)36-20-26-21-43(42-41-26)18-7-6-10-27(33(48)37-23(3)4)39-31(45)19-29(35(50)51)40-34(49)28(16-17-32(46)47)38-30(44)11-8-9-25-14-12-24(5)13-15-25;1-2/h12-15,21-23,27-29,36H,6-11,16-20H2,1-5H3,(H,37,48)(H,38,44)(H,39,45)(H,40,49)(H,46,47)(H,50,51);1-2H3. The summed E-state index contributed by atoms with van der Waals surface area (Å²) in [5.74, 6) is -5.37. The van der Waals surface area contributed by atoms with E-state index in [1.54, 1.807) is 18.5 Å². The molecular weight excluding hydrogens is 684 g/mol. The van der Waals surface area contributed by atoms with Gasteiger partial charge < -0.3 is 36.8 Å². The second-order valence-electron chi connectivity index (χ2n) is 13.3. The van der Waals surface area contributed by atoms with Gasteiger partial charge in [-0.15, -0.1) is 5.10 Å². The van der Waals surface area contributed by atoms with E-state index in [0.717, 1.165) is 16.8 Å². The van der Waals surface area contributed by atoms with E-state index in [0.29, 0.717) is 44.8 Å². The first-order chi connectivity index (χ1) is 25.1. The maximum Gasteiger partial charge on any atom is 0.326 e. The smallest absolute Gasteiger partial charge is 0.326 e. The highest BCUT2D eigenvalue weighted by Crippen LogP contribution is 2.09. The highest BCUT2D eigenvalue weighted by Gasteiger charge is 2.30. The molecule has 16 nitrogen and oxygen atoms in total. The molecule has 0 aliphatic heterocycles. The first kappa shape index (κ1) is 46.2. The largest absolute Gasteiger partial charge is 0.481 e. The summed E-state index contributed by atoms with van der Waals surface area (Å²) in [6.07, 6.45) is 2.97. The normalized spacial score (nSPS) is 12.5. The van der Waals surface area contributed by atoms with Crippen LogP contribution in [0.3, 0.4) is 0 Å². The number of carboxylic acids is 2. The highest BCUT2D eigenvalue weighted by atomic mass is 16.4. The third-order valence-corrected chi connectivity index (χ3v) is 7.78. The van der Waals surface area contributed by atoms with Gasteiger partial charge in [0.2, 0.25) is 23.6 Å². The summed E-state index contributed by atoms with van der Waals surface area (Å²) in [5.41, 5.74) is 2.95. The van der Waals surface area contributed by atoms with Crippen molar-refractivity contribution in [2.45, 2.75) is 150 Å². The monoisotopic (exact) mass is 744 g/mol. The number of aryl methyl sites for hydroxylation is 3. The molecule has 1 aromatic carbocycles. The van der Waals surface area contributed by atoms with Crippen LogP contribution in [0.15, 0.2) is 30.5 Å². The van der Waals surface area contributed by atoms with Gasteiger partial charge in [0, 0.05) is 44.2 Å². The minimum absolute atomic E-state index is 0.0605. The van der Waals surface area contributed by atoms with Crippen molar-refractivity contribution >= 4 is 35.6 Å². The number of hydrogen-bond donors (Lipinski definition) is 7. The Morgan fingerprint density at radius 3 is 1.96 bits per heavy atom. The average molecular weight is 745 g/mol. The lowest BCUT2D eigenvalue weighted by Crippen LogP contribution is -2.54. The van der Waals surface area contributed by atoms with Gasteiger partial charge in [0.05, 0.1) is 12.1 Å². The van der Waals surface area contributed by atoms with Crippen LogP contribution in [0, 0.1) is 6.92 Å². The molecule has 1 aromatic heterocycles. The summed E-state index contributed by atoms with van der Waals surface area (Å²) in [4.78, 5) is 75.1. The van der Waals surface area contributed by atoms with Gasteiger partial charge in [0.25, 0.3) is 0 Å². The predicted molar refractivity (Wildman–Crippen MR) is 200 cm³/mol. The predicted octanol–water partition coefficient (Wildman–Crippen LogP) is 2.62. The third-order valence-electron chi connectivity index (χ3n) is 7.78. The molecule has 2 aromatic rings. The van der Waals surface area contributed by atoms with E-state index in [4.69, 9.17) is 0 Å². The summed E-state index contributed by atoms with van der Waals surface area (Å²) in [6, 6.07) is 3.93. The maximum atomic E-state index is 13.1. The molecule has 0 saturated carbocycles. The number of amides is 4. The Bertz CT molecular complexity index is 1440. The number of unbranched alkanes of at least 4 members (excludes halogenated alkanes) is 1. The molecule has 0 aliphatic rings. The number of aliphatic carboxylic acids is 2. The summed E-state index contributed by atoms with van der Waals surface area (Å²) < 4.78 is 1.71. The van der Waals surface area contributed by atoms with E-state index in [2.05, 4.69) is 36.9 Å². The van der Waals surface area contributed by atoms with E-state index >= 15 is 0 Å². The Morgan fingerprint density at radius 2 is 1.36 bits per heavy atom. The molecule has 1 heterocycles. The molecule has 0 saturated heterocycles. The molecule has 0 bridgehead atoms. The van der Waals surface area contributed by atoms with E-state index < -0.39 is 66.5 Å². The molecule has 3 atom stereocenters. The number of carboxylic acid groups (broad SMARTS) is 2. The first-order valence-corrected chi connectivity index (χ1v) is 18.4. The minimum Gasteiger partial charge on any atom is -0.481 e. The molecule has 0 radical (unpaired) electrons. The fraction of sp³-hybridized carbons (Fsp3) is 0.622. The number of benzene rings is 1. The average Bonchev–Trinajstić information content (AvgIpc) is 3.55. The van der Waals surface area contributed by atoms with Crippen LogP contribution in [0.5, 0.6) is 0 Å². The third kappa shape index (κ3) is 20.1. The van der Waals surface area contributed by atoms with Crippen LogP contribution in [-0.4, -0.2) is 91.0 Å². The summed E-state index contributed by atoms with van der Waals surface area (Å²) in [7, 11) is 0. The number of hydrogen-bond acceptors (Lipinski definition) is 9. The van der Waals surface area contributed by atoms with Crippen molar-refractivity contribution < 1.29 is 39.0 Å². The van der Waals surface area contributed by atoms with Crippen LogP contribution in [0.1, 0.15) is 110 Å². The zero-order chi connectivity index (χ0) is 39.9.